The van der Waals surface area contributed by atoms with Crippen LogP contribution in [-0.2, 0) is 11.2 Å². The Bertz CT molecular complexity index is 921. The number of esters is 1. The van der Waals surface area contributed by atoms with Crippen LogP contribution in [0.1, 0.15) is 36.5 Å². The highest BCUT2D eigenvalue weighted by molar-refractivity contribution is 9.10. The minimum Gasteiger partial charge on any atom is -0.461 e. The Morgan fingerprint density at radius 1 is 1.24 bits per heavy atom. The maximum absolute atomic E-state index is 12.0. The van der Waals surface area contributed by atoms with Crippen molar-refractivity contribution in [1.82, 2.24) is 19.8 Å². The molecule has 2 N–H and O–H groups in total. The first-order valence-electron chi connectivity index (χ1n) is 8.03. The number of nitrogens with zero attached hydrogens (tertiary/aromatic N) is 4. The minimum absolute atomic E-state index is 0.0257. The van der Waals surface area contributed by atoms with Gasteiger partial charge < -0.3 is 10.5 Å². The van der Waals surface area contributed by atoms with Crippen LogP contribution in [0, 0.1) is 0 Å². The van der Waals surface area contributed by atoms with Crippen molar-refractivity contribution in [2.75, 3.05) is 12.3 Å². The van der Waals surface area contributed by atoms with Crippen molar-refractivity contribution in [2.45, 2.75) is 26.7 Å². The molecule has 25 heavy (non-hydrogen) atoms. The van der Waals surface area contributed by atoms with E-state index in [-0.39, 0.29) is 18.1 Å². The van der Waals surface area contributed by atoms with Gasteiger partial charge in [0, 0.05) is 4.47 Å². The smallest absolute Gasteiger partial charge is 0.362 e. The van der Waals surface area contributed by atoms with Gasteiger partial charge >= 0.3 is 5.97 Å². The highest BCUT2D eigenvalue weighted by Crippen LogP contribution is 2.30. The Kier molecular flexibility index (Phi) is 4.98. The molecule has 0 spiro atoms. The number of benzene rings is 1. The monoisotopic (exact) mass is 403 g/mol. The molecular formula is C17H18BrN5O2. The van der Waals surface area contributed by atoms with Crippen molar-refractivity contribution in [2.24, 2.45) is 0 Å². The normalized spacial score (nSPS) is 11.0. The number of carbonyl (C=O) groups is 1. The number of anilines is 1. The molecule has 0 unspecified atom stereocenters. The Morgan fingerprint density at radius 2 is 1.96 bits per heavy atom. The number of halogens is 1. The van der Waals surface area contributed by atoms with Crippen LogP contribution in [0.25, 0.3) is 16.8 Å². The van der Waals surface area contributed by atoms with Crippen molar-refractivity contribution >= 4 is 33.4 Å². The summed E-state index contributed by atoms with van der Waals surface area (Å²) in [4.78, 5) is 12.0. The molecule has 0 atom stereocenters. The van der Waals surface area contributed by atoms with E-state index in [1.807, 2.05) is 24.3 Å². The molecule has 0 aliphatic heterocycles. The van der Waals surface area contributed by atoms with Gasteiger partial charge in [0.05, 0.1) is 17.9 Å². The number of nitrogen functional groups attached to an aromatic ring is 1. The van der Waals surface area contributed by atoms with Crippen LogP contribution in [0.15, 0.2) is 28.7 Å². The first kappa shape index (κ1) is 17.3. The molecule has 0 amide bonds. The first-order chi connectivity index (χ1) is 12.1. The Balaban J connectivity index is 2.22. The lowest BCUT2D eigenvalue weighted by Gasteiger charge is -2.05. The number of carbonyl (C=O) groups excluding carboxylic acids is 1. The number of hydrogen-bond donors (Lipinski definition) is 1. The fourth-order valence-electron chi connectivity index (χ4n) is 2.63. The van der Waals surface area contributed by atoms with Crippen LogP contribution in [0.3, 0.4) is 0 Å². The van der Waals surface area contributed by atoms with Crippen LogP contribution in [0.5, 0.6) is 0 Å². The number of aryl methyl sites for hydroxylation is 1. The number of ether oxygens (including phenoxy) is 1. The maximum Gasteiger partial charge on any atom is 0.362 e. The van der Waals surface area contributed by atoms with Crippen molar-refractivity contribution in [3.63, 3.8) is 0 Å². The van der Waals surface area contributed by atoms with Crippen LogP contribution in [0.2, 0.25) is 0 Å². The second-order valence-corrected chi connectivity index (χ2v) is 6.38. The molecule has 0 fully saturated rings. The zero-order valence-electron chi connectivity index (χ0n) is 14.0. The zero-order valence-corrected chi connectivity index (χ0v) is 15.6. The van der Waals surface area contributed by atoms with Crippen LogP contribution in [0.4, 0.5) is 5.82 Å². The molecule has 2 aromatic heterocycles. The molecule has 0 saturated carbocycles. The zero-order chi connectivity index (χ0) is 18.0. The summed E-state index contributed by atoms with van der Waals surface area (Å²) in [5, 5.41) is 12.8. The number of rotatable bonds is 5. The van der Waals surface area contributed by atoms with Crippen molar-refractivity contribution in [1.29, 1.82) is 0 Å². The third-order valence-electron chi connectivity index (χ3n) is 3.74. The molecule has 2 heterocycles. The maximum atomic E-state index is 12.0. The number of nitrogens with two attached hydrogens (primary N) is 1. The predicted octanol–water partition coefficient (Wildman–Crippen LogP) is 3.27. The minimum atomic E-state index is -0.605. The van der Waals surface area contributed by atoms with Crippen LogP contribution < -0.4 is 5.73 Å². The van der Waals surface area contributed by atoms with Gasteiger partial charge in [0.2, 0.25) is 5.69 Å². The van der Waals surface area contributed by atoms with Gasteiger partial charge in [0.15, 0.2) is 11.5 Å². The van der Waals surface area contributed by atoms with Crippen LogP contribution in [-0.4, -0.2) is 32.4 Å². The van der Waals surface area contributed by atoms with E-state index in [9.17, 15) is 4.79 Å². The van der Waals surface area contributed by atoms with Crippen molar-refractivity contribution < 1.29 is 9.53 Å². The molecule has 3 rings (SSSR count). The van der Waals surface area contributed by atoms with Crippen molar-refractivity contribution in [3.8, 4) is 11.1 Å². The summed E-state index contributed by atoms with van der Waals surface area (Å²) in [5.74, 6) is -0.476. The van der Waals surface area contributed by atoms with Gasteiger partial charge in [-0.15, -0.1) is 10.2 Å². The van der Waals surface area contributed by atoms with E-state index in [0.29, 0.717) is 5.65 Å². The third-order valence-corrected chi connectivity index (χ3v) is 4.27. The van der Waals surface area contributed by atoms with E-state index in [1.165, 1.54) is 4.52 Å². The summed E-state index contributed by atoms with van der Waals surface area (Å²) in [6.07, 6.45) is 1.69. The molecule has 0 saturated heterocycles. The molecule has 7 nitrogen and oxygen atoms in total. The Labute approximate surface area is 153 Å². The topological polar surface area (TPSA) is 95.4 Å². The first-order valence-corrected chi connectivity index (χ1v) is 8.82. The van der Waals surface area contributed by atoms with Gasteiger partial charge in [0.1, 0.15) is 0 Å². The lowest BCUT2D eigenvalue weighted by Crippen LogP contribution is -2.15. The van der Waals surface area contributed by atoms with Gasteiger partial charge in [-0.3, -0.25) is 0 Å². The third kappa shape index (κ3) is 3.21. The quantitative estimate of drug-likeness (QED) is 0.656. The summed E-state index contributed by atoms with van der Waals surface area (Å²) in [7, 11) is 0. The van der Waals surface area contributed by atoms with E-state index in [1.54, 1.807) is 6.92 Å². The molecule has 0 radical (unpaired) electrons. The van der Waals surface area contributed by atoms with E-state index < -0.39 is 5.97 Å². The second-order valence-electron chi connectivity index (χ2n) is 5.47. The average molecular weight is 404 g/mol. The van der Waals surface area contributed by atoms with E-state index in [4.69, 9.17) is 10.5 Å². The lowest BCUT2D eigenvalue weighted by atomic mass is 10.0. The highest BCUT2D eigenvalue weighted by atomic mass is 79.9. The SMILES string of the molecule is CCCc1nn2c(N)c(C(=O)OCC)nnc2c1-c1ccc(Br)cc1. The summed E-state index contributed by atoms with van der Waals surface area (Å²) in [6, 6.07) is 7.88. The molecule has 0 bridgehead atoms. The number of fused-ring (bicyclic) bond motifs is 1. The van der Waals surface area contributed by atoms with E-state index >= 15 is 0 Å². The predicted molar refractivity (Wildman–Crippen MR) is 98.3 cm³/mol. The lowest BCUT2D eigenvalue weighted by molar-refractivity contribution is 0.0519. The van der Waals surface area contributed by atoms with E-state index in [0.717, 1.165) is 34.1 Å². The van der Waals surface area contributed by atoms with Gasteiger partial charge in [-0.1, -0.05) is 41.4 Å². The second kappa shape index (κ2) is 7.18. The number of hydrogen-bond acceptors (Lipinski definition) is 6. The van der Waals surface area contributed by atoms with Crippen LogP contribution >= 0.6 is 15.9 Å². The largest absolute Gasteiger partial charge is 0.461 e. The van der Waals surface area contributed by atoms with Crippen molar-refractivity contribution in [3.05, 3.63) is 40.1 Å². The molecular weight excluding hydrogens is 386 g/mol. The summed E-state index contributed by atoms with van der Waals surface area (Å²) in [5.41, 5.74) is 9.34. The molecule has 0 aliphatic carbocycles. The Hall–Kier alpha value is -2.48. The van der Waals surface area contributed by atoms with Gasteiger partial charge in [0.25, 0.3) is 0 Å². The standard InChI is InChI=1S/C17H18BrN5O2/c1-3-5-12-13(10-6-8-11(18)9-7-10)16-21-20-14(17(24)25-4-2)15(19)23(16)22-12/h6-9H,3-5,19H2,1-2H3. The van der Waals surface area contributed by atoms with E-state index in [2.05, 4.69) is 38.1 Å². The van der Waals surface area contributed by atoms with Gasteiger partial charge in [-0.2, -0.15) is 9.61 Å². The summed E-state index contributed by atoms with van der Waals surface area (Å²) in [6.45, 7) is 4.04. The molecule has 3 aromatic rings. The fourth-order valence-corrected chi connectivity index (χ4v) is 2.90. The molecule has 1 aromatic carbocycles. The molecule has 8 heteroatoms. The fraction of sp³-hybridized carbons (Fsp3) is 0.294. The summed E-state index contributed by atoms with van der Waals surface area (Å²) >= 11 is 3.44. The van der Waals surface area contributed by atoms with Gasteiger partial charge in [-0.05, 0) is 31.0 Å². The number of aromatic nitrogens is 4. The Morgan fingerprint density at radius 3 is 2.60 bits per heavy atom. The van der Waals surface area contributed by atoms with Gasteiger partial charge in [-0.25, -0.2) is 4.79 Å². The highest BCUT2D eigenvalue weighted by Gasteiger charge is 2.22. The summed E-state index contributed by atoms with van der Waals surface area (Å²) < 4.78 is 7.43. The molecule has 130 valence electrons. The molecule has 0 aliphatic rings. The average Bonchev–Trinajstić information content (AvgIpc) is 2.96.